The first-order valence-electron chi connectivity index (χ1n) is 10.1. The fourth-order valence-corrected chi connectivity index (χ4v) is 6.30. The van der Waals surface area contributed by atoms with Crippen LogP contribution in [0.2, 0.25) is 5.02 Å². The van der Waals surface area contributed by atoms with Crippen LogP contribution in [0.3, 0.4) is 0 Å². The molecule has 2 fully saturated rings. The highest BCUT2D eigenvalue weighted by Gasteiger charge is 2.31. The fourth-order valence-electron chi connectivity index (χ4n) is 4.56. The Labute approximate surface area is 182 Å². The number of benzene rings is 1. The summed E-state index contributed by atoms with van der Waals surface area (Å²) in [5.41, 5.74) is 0.943. The van der Waals surface area contributed by atoms with E-state index in [1.165, 1.54) is 30.6 Å². The van der Waals surface area contributed by atoms with Crippen LogP contribution >= 0.6 is 23.1 Å². The van der Waals surface area contributed by atoms with Crippen molar-refractivity contribution in [2.75, 3.05) is 42.2 Å². The maximum absolute atomic E-state index is 11.7. The zero-order valence-electron chi connectivity index (χ0n) is 16.8. The second-order valence-corrected chi connectivity index (χ2v) is 11.3. The average molecular weight is 455 g/mol. The number of nitrogens with zero attached hydrogens (tertiary/aromatic N) is 4. The second-order valence-electron chi connectivity index (χ2n) is 8.16. The quantitative estimate of drug-likeness (QED) is 0.694. The topological polar surface area (TPSA) is 66.4 Å². The van der Waals surface area contributed by atoms with Crippen molar-refractivity contribution >= 4 is 43.8 Å². The summed E-state index contributed by atoms with van der Waals surface area (Å²) in [4.78, 5) is 9.47. The molecular weight excluding hydrogens is 428 g/mol. The van der Waals surface area contributed by atoms with E-state index in [9.17, 15) is 8.42 Å². The van der Waals surface area contributed by atoms with Crippen LogP contribution in [-0.2, 0) is 9.84 Å². The summed E-state index contributed by atoms with van der Waals surface area (Å²) < 4.78 is 27.7. The number of anilines is 2. The van der Waals surface area contributed by atoms with Crippen molar-refractivity contribution in [1.82, 2.24) is 9.36 Å². The molecule has 0 amide bonds. The molecule has 0 aliphatic carbocycles. The Morgan fingerprint density at radius 3 is 2.10 bits per heavy atom. The van der Waals surface area contributed by atoms with Gasteiger partial charge in [-0.1, -0.05) is 11.6 Å². The number of piperidine rings is 2. The Morgan fingerprint density at radius 1 is 1.03 bits per heavy atom. The molecule has 3 heterocycles. The number of aromatic nitrogens is 2. The summed E-state index contributed by atoms with van der Waals surface area (Å²) in [7, 11) is -3.23. The minimum Gasteiger partial charge on any atom is -0.370 e. The lowest BCUT2D eigenvalue weighted by atomic mass is 9.79. The van der Waals surface area contributed by atoms with Gasteiger partial charge >= 0.3 is 0 Å². The second kappa shape index (κ2) is 8.40. The first-order chi connectivity index (χ1) is 13.8. The molecule has 0 saturated carbocycles. The first-order valence-corrected chi connectivity index (χ1v) is 13.2. The van der Waals surface area contributed by atoms with Gasteiger partial charge in [0, 0.05) is 44.0 Å². The predicted molar refractivity (Wildman–Crippen MR) is 119 cm³/mol. The van der Waals surface area contributed by atoms with E-state index in [1.807, 2.05) is 13.0 Å². The van der Waals surface area contributed by atoms with Gasteiger partial charge < -0.3 is 9.80 Å². The smallest absolute Gasteiger partial charge is 0.205 e. The molecule has 1 aromatic heterocycles. The third kappa shape index (κ3) is 4.70. The van der Waals surface area contributed by atoms with E-state index in [0.29, 0.717) is 5.02 Å². The maximum atomic E-state index is 11.7. The third-order valence-corrected chi connectivity index (χ3v) is 8.50. The van der Waals surface area contributed by atoms with Crippen LogP contribution in [0.4, 0.5) is 10.8 Å². The van der Waals surface area contributed by atoms with Crippen LogP contribution in [0.5, 0.6) is 0 Å². The molecular formula is C20H27ClN4O2S2. The fraction of sp³-hybridized carbons (Fsp3) is 0.600. The Morgan fingerprint density at radius 2 is 1.62 bits per heavy atom. The number of hydrogen-bond acceptors (Lipinski definition) is 7. The van der Waals surface area contributed by atoms with Gasteiger partial charge in [0.1, 0.15) is 5.82 Å². The maximum Gasteiger partial charge on any atom is 0.205 e. The van der Waals surface area contributed by atoms with Crippen molar-refractivity contribution < 1.29 is 8.42 Å². The van der Waals surface area contributed by atoms with Gasteiger partial charge in [-0.2, -0.15) is 4.37 Å². The number of sulfone groups is 1. The Balaban J connectivity index is 1.32. The Bertz CT molecular complexity index is 963. The molecule has 158 valence electrons. The van der Waals surface area contributed by atoms with E-state index in [1.54, 1.807) is 12.1 Å². The molecule has 2 aliphatic rings. The van der Waals surface area contributed by atoms with Gasteiger partial charge in [0.25, 0.3) is 0 Å². The molecule has 6 nitrogen and oxygen atoms in total. The van der Waals surface area contributed by atoms with Crippen LogP contribution in [0.1, 0.15) is 31.5 Å². The molecule has 0 atom stereocenters. The molecule has 2 saturated heterocycles. The SMILES string of the molecule is Cc1nsc(N2CCC(C3CCN(c4ccc(S(C)(=O)=O)cc4Cl)CC3)CC2)n1. The average Bonchev–Trinajstić information content (AvgIpc) is 3.14. The van der Waals surface area contributed by atoms with Gasteiger partial charge in [-0.15, -0.1) is 0 Å². The van der Waals surface area contributed by atoms with Crippen LogP contribution in [-0.4, -0.2) is 50.2 Å². The largest absolute Gasteiger partial charge is 0.370 e. The van der Waals surface area contributed by atoms with Gasteiger partial charge in [0.2, 0.25) is 5.13 Å². The van der Waals surface area contributed by atoms with Crippen molar-refractivity contribution in [3.05, 3.63) is 29.0 Å². The lowest BCUT2D eigenvalue weighted by Gasteiger charge is -2.41. The van der Waals surface area contributed by atoms with Crippen molar-refractivity contribution in [1.29, 1.82) is 0 Å². The van der Waals surface area contributed by atoms with Crippen LogP contribution in [0.25, 0.3) is 0 Å². The van der Waals surface area contributed by atoms with E-state index in [-0.39, 0.29) is 4.90 Å². The van der Waals surface area contributed by atoms with Crippen LogP contribution < -0.4 is 9.80 Å². The lowest BCUT2D eigenvalue weighted by Crippen LogP contribution is -2.41. The Kier molecular flexibility index (Phi) is 6.04. The minimum atomic E-state index is -3.23. The van der Waals surface area contributed by atoms with Crippen LogP contribution in [0, 0.1) is 18.8 Å². The zero-order valence-corrected chi connectivity index (χ0v) is 19.2. The van der Waals surface area contributed by atoms with E-state index < -0.39 is 9.84 Å². The summed E-state index contributed by atoms with van der Waals surface area (Å²) in [6, 6.07) is 5.08. The predicted octanol–water partition coefficient (Wildman–Crippen LogP) is 4.04. The van der Waals surface area contributed by atoms with Gasteiger partial charge in [-0.05, 0) is 62.6 Å². The standard InChI is InChI=1S/C20H27ClN4O2S2/c1-14-22-20(28-23-14)25-11-7-16(8-12-25)15-5-9-24(10-6-15)19-4-3-17(13-18(19)21)29(2,26)27/h3-4,13,15-16H,5-12H2,1-2H3. The Hall–Kier alpha value is -1.38. The van der Waals surface area contributed by atoms with Gasteiger partial charge in [0.15, 0.2) is 9.84 Å². The highest BCUT2D eigenvalue weighted by atomic mass is 35.5. The molecule has 1 aromatic carbocycles. The summed E-state index contributed by atoms with van der Waals surface area (Å²) in [5, 5.41) is 1.58. The number of rotatable bonds is 4. The number of halogens is 1. The molecule has 0 spiro atoms. The summed E-state index contributed by atoms with van der Waals surface area (Å²) >= 11 is 7.91. The van der Waals surface area contributed by atoms with Gasteiger partial charge in [-0.25, -0.2) is 13.4 Å². The molecule has 0 N–H and O–H groups in total. The monoisotopic (exact) mass is 454 g/mol. The highest BCUT2D eigenvalue weighted by Crippen LogP contribution is 2.37. The lowest BCUT2D eigenvalue weighted by molar-refractivity contribution is 0.233. The summed E-state index contributed by atoms with van der Waals surface area (Å²) in [6.45, 7) is 6.02. The molecule has 4 rings (SSSR count). The van der Waals surface area contributed by atoms with Crippen molar-refractivity contribution in [2.24, 2.45) is 11.8 Å². The van der Waals surface area contributed by atoms with Gasteiger partial charge in [-0.3, -0.25) is 0 Å². The van der Waals surface area contributed by atoms with E-state index >= 15 is 0 Å². The zero-order chi connectivity index (χ0) is 20.6. The molecule has 9 heteroatoms. The molecule has 0 unspecified atom stereocenters. The number of aryl methyl sites for hydroxylation is 1. The molecule has 2 aromatic rings. The normalized spacial score (nSPS) is 19.7. The van der Waals surface area contributed by atoms with E-state index in [4.69, 9.17) is 11.6 Å². The molecule has 0 bridgehead atoms. The van der Waals surface area contributed by atoms with Crippen molar-refractivity contribution in [2.45, 2.75) is 37.5 Å². The highest BCUT2D eigenvalue weighted by molar-refractivity contribution is 7.90. The number of hydrogen-bond donors (Lipinski definition) is 0. The van der Waals surface area contributed by atoms with Crippen molar-refractivity contribution in [3.8, 4) is 0 Å². The van der Waals surface area contributed by atoms with E-state index in [2.05, 4.69) is 19.2 Å². The van der Waals surface area contributed by atoms with Gasteiger partial charge in [0.05, 0.1) is 15.6 Å². The first kappa shape index (κ1) is 20.9. The summed E-state index contributed by atoms with van der Waals surface area (Å²) in [6.07, 6.45) is 5.96. The van der Waals surface area contributed by atoms with Crippen LogP contribution in [0.15, 0.2) is 23.1 Å². The minimum absolute atomic E-state index is 0.276. The molecule has 2 aliphatic heterocycles. The third-order valence-electron chi connectivity index (χ3n) is 6.22. The molecule has 0 radical (unpaired) electrons. The van der Waals surface area contributed by atoms with E-state index in [0.717, 1.165) is 67.5 Å². The molecule has 29 heavy (non-hydrogen) atoms. The van der Waals surface area contributed by atoms with Crippen molar-refractivity contribution in [3.63, 3.8) is 0 Å². The summed E-state index contributed by atoms with van der Waals surface area (Å²) in [5.74, 6) is 2.38.